The van der Waals surface area contributed by atoms with E-state index in [0.29, 0.717) is 0 Å². The first-order valence-corrected chi connectivity index (χ1v) is 21.2. The third-order valence-electron chi connectivity index (χ3n) is 12.5. The molecule has 0 amide bonds. The Labute approximate surface area is 348 Å². The lowest BCUT2D eigenvalue weighted by Crippen LogP contribution is -2.34. The Morgan fingerprint density at radius 1 is 0.322 bits per heavy atom. The molecule has 0 saturated carbocycles. The first kappa shape index (κ1) is 33.9. The largest absolute Gasteiger partial charge is 0.310 e. The minimum Gasteiger partial charge on any atom is -0.310 e. The van der Waals surface area contributed by atoms with Crippen molar-refractivity contribution in [2.45, 2.75) is 11.8 Å². The second kappa shape index (κ2) is 13.4. The maximum absolute atomic E-state index is 2.49. The maximum Gasteiger partial charge on any atom is 0.0719 e. The third kappa shape index (κ3) is 5.18. The Hall–Kier alpha value is -7.20. The van der Waals surface area contributed by atoms with Crippen LogP contribution in [-0.2, 0) is 11.8 Å². The summed E-state index contributed by atoms with van der Waals surface area (Å²) < 4.78 is 2.54. The molecule has 9 aromatic carbocycles. The van der Waals surface area contributed by atoms with Crippen LogP contribution in [0.1, 0.15) is 33.4 Å². The fourth-order valence-electron chi connectivity index (χ4n) is 10.1. The molecular formula is C56H38N2S. The van der Waals surface area contributed by atoms with Gasteiger partial charge in [-0.3, -0.25) is 0 Å². The molecule has 59 heavy (non-hydrogen) atoms. The average molecular weight is 771 g/mol. The molecule has 2 nitrogen and oxygen atoms in total. The molecule has 2 aliphatic rings. The number of benzene rings is 9. The SMILES string of the molecule is c1ccc(N(c2ccc3c(c2)C2(c4ccccc4Cc4ccccc42)c2ccccc2-3)c2ccc3c(c2)sc2ccc(N(c4ccccc4)c4ccccc4)cc23)cc1. The van der Waals surface area contributed by atoms with Gasteiger partial charge in [-0.1, -0.05) is 140 Å². The molecule has 1 spiro atoms. The first-order valence-electron chi connectivity index (χ1n) is 20.4. The molecule has 10 aromatic rings. The van der Waals surface area contributed by atoms with E-state index < -0.39 is 5.41 Å². The van der Waals surface area contributed by atoms with E-state index in [1.54, 1.807) is 0 Å². The van der Waals surface area contributed by atoms with Crippen LogP contribution in [0.3, 0.4) is 0 Å². The van der Waals surface area contributed by atoms with Gasteiger partial charge >= 0.3 is 0 Å². The van der Waals surface area contributed by atoms with Gasteiger partial charge in [0, 0.05) is 54.3 Å². The van der Waals surface area contributed by atoms with Crippen LogP contribution < -0.4 is 9.80 Å². The van der Waals surface area contributed by atoms with E-state index in [2.05, 4.69) is 228 Å². The van der Waals surface area contributed by atoms with Gasteiger partial charge < -0.3 is 9.80 Å². The molecule has 1 aromatic heterocycles. The highest BCUT2D eigenvalue weighted by molar-refractivity contribution is 7.25. The standard InChI is InChI=1S/C56H38N2S/c1-4-18-40(19-5-1)57(41-20-6-2-7-21-41)43-30-33-54-49(35-43)48-32-29-45(37-55(48)59-54)58(42-22-8-3-9-23-42)44-28-31-47-46-24-12-15-27-52(46)56(53(47)36-44)50-25-13-10-16-38(50)34-39-17-11-14-26-51(39)56/h1-33,35-37H,34H2. The number of para-hydroxylation sites is 3. The van der Waals surface area contributed by atoms with Gasteiger partial charge in [0.15, 0.2) is 0 Å². The summed E-state index contributed by atoms with van der Waals surface area (Å²) >= 11 is 1.86. The van der Waals surface area contributed by atoms with Crippen molar-refractivity contribution in [2.24, 2.45) is 0 Å². The van der Waals surface area contributed by atoms with Crippen LogP contribution in [0, 0.1) is 0 Å². The summed E-state index contributed by atoms with van der Waals surface area (Å²) in [5, 5.41) is 2.53. The van der Waals surface area contributed by atoms with Crippen molar-refractivity contribution in [2.75, 3.05) is 9.80 Å². The fraction of sp³-hybridized carbons (Fsp3) is 0.0357. The summed E-state index contributed by atoms with van der Waals surface area (Å²) in [5.74, 6) is 0. The van der Waals surface area contributed by atoms with Crippen LogP contribution in [0.2, 0.25) is 0 Å². The van der Waals surface area contributed by atoms with E-state index in [4.69, 9.17) is 0 Å². The molecule has 278 valence electrons. The lowest BCUT2D eigenvalue weighted by Gasteiger charge is -2.40. The topological polar surface area (TPSA) is 6.48 Å². The molecule has 0 atom stereocenters. The minimum absolute atomic E-state index is 0.420. The van der Waals surface area contributed by atoms with E-state index in [0.717, 1.165) is 40.5 Å². The number of hydrogen-bond donors (Lipinski definition) is 0. The zero-order valence-corrected chi connectivity index (χ0v) is 33.1. The van der Waals surface area contributed by atoms with Gasteiger partial charge in [-0.05, 0) is 130 Å². The second-order valence-electron chi connectivity index (χ2n) is 15.7. The van der Waals surface area contributed by atoms with E-state index in [1.165, 1.54) is 64.7 Å². The molecule has 0 saturated heterocycles. The molecule has 0 aliphatic heterocycles. The highest BCUT2D eigenvalue weighted by Crippen LogP contribution is 2.60. The first-order chi connectivity index (χ1) is 29.3. The highest BCUT2D eigenvalue weighted by Gasteiger charge is 2.49. The van der Waals surface area contributed by atoms with E-state index in [9.17, 15) is 0 Å². The maximum atomic E-state index is 2.49. The lowest BCUT2D eigenvalue weighted by atomic mass is 9.61. The zero-order chi connectivity index (χ0) is 38.9. The molecule has 0 N–H and O–H groups in total. The van der Waals surface area contributed by atoms with Gasteiger partial charge in [0.05, 0.1) is 5.41 Å². The van der Waals surface area contributed by atoms with Gasteiger partial charge in [-0.2, -0.15) is 0 Å². The molecule has 12 rings (SSSR count). The van der Waals surface area contributed by atoms with Crippen LogP contribution >= 0.6 is 11.3 Å². The van der Waals surface area contributed by atoms with Crippen LogP contribution in [-0.4, -0.2) is 0 Å². The van der Waals surface area contributed by atoms with Crippen molar-refractivity contribution in [1.29, 1.82) is 0 Å². The van der Waals surface area contributed by atoms with Gasteiger partial charge in [0.25, 0.3) is 0 Å². The van der Waals surface area contributed by atoms with Gasteiger partial charge in [-0.25, -0.2) is 0 Å². The van der Waals surface area contributed by atoms with E-state index in [-0.39, 0.29) is 0 Å². The van der Waals surface area contributed by atoms with Crippen molar-refractivity contribution in [3.05, 3.63) is 252 Å². The summed E-state index contributed by atoms with van der Waals surface area (Å²) in [6.45, 7) is 0. The molecule has 1 heterocycles. The Bertz CT molecular complexity index is 3120. The Balaban J connectivity index is 1.03. The van der Waals surface area contributed by atoms with Crippen molar-refractivity contribution < 1.29 is 0 Å². The summed E-state index contributed by atoms with van der Waals surface area (Å²) in [5.41, 5.74) is 17.3. The van der Waals surface area contributed by atoms with Crippen molar-refractivity contribution in [3.8, 4) is 11.1 Å². The van der Waals surface area contributed by atoms with Gasteiger partial charge in [0.2, 0.25) is 0 Å². The zero-order valence-electron chi connectivity index (χ0n) is 32.3. The summed E-state index contributed by atoms with van der Waals surface area (Å²) in [4.78, 5) is 4.79. The van der Waals surface area contributed by atoms with Crippen LogP contribution in [0.5, 0.6) is 0 Å². The summed E-state index contributed by atoms with van der Waals surface area (Å²) in [6.07, 6.45) is 0.939. The number of anilines is 6. The van der Waals surface area contributed by atoms with Crippen molar-refractivity contribution >= 4 is 65.6 Å². The summed E-state index contributed by atoms with van der Waals surface area (Å²) in [7, 11) is 0. The molecule has 3 heteroatoms. The minimum atomic E-state index is -0.420. The molecule has 2 aliphatic carbocycles. The fourth-order valence-corrected chi connectivity index (χ4v) is 11.2. The predicted octanol–water partition coefficient (Wildman–Crippen LogP) is 15.3. The normalized spacial score (nSPS) is 13.2. The molecular weight excluding hydrogens is 733 g/mol. The van der Waals surface area contributed by atoms with Gasteiger partial charge in [-0.15, -0.1) is 11.3 Å². The number of nitrogens with zero attached hydrogens (tertiary/aromatic N) is 2. The number of hydrogen-bond acceptors (Lipinski definition) is 3. The number of rotatable bonds is 6. The predicted molar refractivity (Wildman–Crippen MR) is 249 cm³/mol. The van der Waals surface area contributed by atoms with Crippen molar-refractivity contribution in [1.82, 2.24) is 0 Å². The number of fused-ring (bicyclic) bond motifs is 12. The van der Waals surface area contributed by atoms with Crippen molar-refractivity contribution in [3.63, 3.8) is 0 Å². The van der Waals surface area contributed by atoms with Crippen LogP contribution in [0.4, 0.5) is 34.1 Å². The highest BCUT2D eigenvalue weighted by atomic mass is 32.1. The quantitative estimate of drug-likeness (QED) is 0.166. The van der Waals surface area contributed by atoms with E-state index in [1.807, 2.05) is 11.3 Å². The Morgan fingerprint density at radius 2 is 0.797 bits per heavy atom. The summed E-state index contributed by atoms with van der Waals surface area (Å²) in [6, 6.07) is 80.6. The smallest absolute Gasteiger partial charge is 0.0719 e. The van der Waals surface area contributed by atoms with Gasteiger partial charge in [0.1, 0.15) is 0 Å². The lowest BCUT2D eigenvalue weighted by molar-refractivity contribution is 0.722. The van der Waals surface area contributed by atoms with E-state index >= 15 is 0 Å². The molecule has 0 unspecified atom stereocenters. The van der Waals surface area contributed by atoms with Crippen LogP contribution in [0.25, 0.3) is 31.3 Å². The number of thiophene rings is 1. The Morgan fingerprint density at radius 3 is 1.44 bits per heavy atom. The molecule has 0 fully saturated rings. The monoisotopic (exact) mass is 770 g/mol. The molecule has 0 bridgehead atoms. The van der Waals surface area contributed by atoms with Crippen LogP contribution in [0.15, 0.2) is 218 Å². The second-order valence-corrected chi connectivity index (χ2v) is 16.7. The average Bonchev–Trinajstić information content (AvgIpc) is 3.80. The third-order valence-corrected chi connectivity index (χ3v) is 13.6. The Kier molecular flexibility index (Phi) is 7.72. The molecule has 0 radical (unpaired) electrons.